The van der Waals surface area contributed by atoms with Crippen molar-refractivity contribution >= 4 is 5.91 Å². The van der Waals surface area contributed by atoms with Crippen LogP contribution in [0.5, 0.6) is 0 Å². The van der Waals surface area contributed by atoms with E-state index in [4.69, 9.17) is 0 Å². The van der Waals surface area contributed by atoms with Crippen LogP contribution in [0.15, 0.2) is 30.3 Å². The number of hydrogen-bond acceptors (Lipinski definition) is 3. The predicted octanol–water partition coefficient (Wildman–Crippen LogP) is 2.03. The highest BCUT2D eigenvalue weighted by Gasteiger charge is 2.40. The van der Waals surface area contributed by atoms with E-state index in [1.807, 2.05) is 18.2 Å². The van der Waals surface area contributed by atoms with E-state index in [1.165, 1.54) is 5.56 Å². The van der Waals surface area contributed by atoms with Crippen LogP contribution in [-0.4, -0.2) is 41.7 Å². The van der Waals surface area contributed by atoms with Gasteiger partial charge in [-0.3, -0.25) is 9.69 Å². The van der Waals surface area contributed by atoms with Gasteiger partial charge >= 0.3 is 0 Å². The fourth-order valence-electron chi connectivity index (χ4n) is 3.74. The quantitative estimate of drug-likeness (QED) is 0.875. The molecule has 0 radical (unpaired) electrons. The standard InChI is InChI=1S/C18H26N2O2/c21-14-16-9-4-5-12-20(16)13-17(22)19-18(10-6-11-18)15-7-2-1-3-8-15/h1-3,7-8,16,21H,4-6,9-14H2,(H,19,22). The number of aliphatic hydroxyl groups excluding tert-OH is 1. The summed E-state index contributed by atoms with van der Waals surface area (Å²) in [5, 5.41) is 12.7. The van der Waals surface area contributed by atoms with Crippen molar-refractivity contribution in [3.63, 3.8) is 0 Å². The van der Waals surface area contributed by atoms with E-state index in [-0.39, 0.29) is 24.1 Å². The first kappa shape index (κ1) is 15.5. The molecular weight excluding hydrogens is 276 g/mol. The maximum Gasteiger partial charge on any atom is 0.234 e. The van der Waals surface area contributed by atoms with Crippen LogP contribution < -0.4 is 5.32 Å². The minimum atomic E-state index is -0.164. The molecule has 1 aromatic carbocycles. The molecule has 1 saturated heterocycles. The van der Waals surface area contributed by atoms with Crippen molar-refractivity contribution in [2.45, 2.75) is 50.1 Å². The Labute approximate surface area is 132 Å². The third kappa shape index (κ3) is 3.18. The summed E-state index contributed by atoms with van der Waals surface area (Å²) >= 11 is 0. The Balaban J connectivity index is 1.63. The van der Waals surface area contributed by atoms with Crippen LogP contribution in [0.3, 0.4) is 0 Å². The molecule has 1 saturated carbocycles. The number of benzene rings is 1. The van der Waals surface area contributed by atoms with Gasteiger partial charge in [0.05, 0.1) is 18.7 Å². The summed E-state index contributed by atoms with van der Waals surface area (Å²) in [6.07, 6.45) is 6.47. The molecule has 3 rings (SSSR count). The van der Waals surface area contributed by atoms with Gasteiger partial charge in [0.2, 0.25) is 5.91 Å². The Morgan fingerprint density at radius 2 is 2.00 bits per heavy atom. The molecule has 1 aromatic rings. The van der Waals surface area contributed by atoms with Crippen molar-refractivity contribution in [1.29, 1.82) is 0 Å². The molecule has 0 aromatic heterocycles. The van der Waals surface area contributed by atoms with Gasteiger partial charge in [-0.1, -0.05) is 36.8 Å². The SMILES string of the molecule is O=C(CN1CCCCC1CO)NC1(c2ccccc2)CCC1. The van der Waals surface area contributed by atoms with E-state index in [9.17, 15) is 9.90 Å². The van der Waals surface area contributed by atoms with Crippen molar-refractivity contribution in [2.75, 3.05) is 19.7 Å². The lowest BCUT2D eigenvalue weighted by molar-refractivity contribution is -0.126. The molecule has 0 bridgehead atoms. The second-order valence-electron chi connectivity index (χ2n) is 6.65. The molecule has 1 aliphatic heterocycles. The number of amides is 1. The molecule has 22 heavy (non-hydrogen) atoms. The monoisotopic (exact) mass is 302 g/mol. The van der Waals surface area contributed by atoms with Gasteiger partial charge in [0.1, 0.15) is 0 Å². The van der Waals surface area contributed by atoms with Gasteiger partial charge in [0, 0.05) is 6.04 Å². The number of nitrogens with one attached hydrogen (secondary N) is 1. The van der Waals surface area contributed by atoms with E-state index in [0.717, 1.165) is 45.1 Å². The zero-order valence-electron chi connectivity index (χ0n) is 13.1. The summed E-state index contributed by atoms with van der Waals surface area (Å²) in [5.74, 6) is 0.0869. The summed E-state index contributed by atoms with van der Waals surface area (Å²) < 4.78 is 0. The molecular formula is C18H26N2O2. The number of hydrogen-bond donors (Lipinski definition) is 2. The Kier molecular flexibility index (Phi) is 4.79. The smallest absolute Gasteiger partial charge is 0.234 e. The van der Waals surface area contributed by atoms with Crippen molar-refractivity contribution in [1.82, 2.24) is 10.2 Å². The predicted molar refractivity (Wildman–Crippen MR) is 86.4 cm³/mol. The largest absolute Gasteiger partial charge is 0.395 e. The van der Waals surface area contributed by atoms with Crippen LogP contribution in [0, 0.1) is 0 Å². The molecule has 1 aliphatic carbocycles. The summed E-state index contributed by atoms with van der Waals surface area (Å²) in [4.78, 5) is 14.7. The third-order valence-electron chi connectivity index (χ3n) is 5.22. The highest BCUT2D eigenvalue weighted by molar-refractivity contribution is 5.79. The van der Waals surface area contributed by atoms with E-state index in [0.29, 0.717) is 6.54 Å². The lowest BCUT2D eigenvalue weighted by Crippen LogP contribution is -2.55. The molecule has 2 aliphatic rings. The summed E-state index contributed by atoms with van der Waals surface area (Å²) in [5.41, 5.74) is 1.05. The minimum Gasteiger partial charge on any atom is -0.395 e. The summed E-state index contributed by atoms with van der Waals surface area (Å²) in [6.45, 7) is 1.47. The minimum absolute atomic E-state index is 0.0869. The fraction of sp³-hybridized carbons (Fsp3) is 0.611. The van der Waals surface area contributed by atoms with Crippen LogP contribution in [0.25, 0.3) is 0 Å². The van der Waals surface area contributed by atoms with E-state index >= 15 is 0 Å². The Morgan fingerprint density at radius 1 is 1.23 bits per heavy atom. The topological polar surface area (TPSA) is 52.6 Å². The lowest BCUT2D eigenvalue weighted by atomic mass is 9.72. The Morgan fingerprint density at radius 3 is 2.64 bits per heavy atom. The van der Waals surface area contributed by atoms with Gasteiger partial charge < -0.3 is 10.4 Å². The van der Waals surface area contributed by atoms with E-state index in [1.54, 1.807) is 0 Å². The maximum absolute atomic E-state index is 12.5. The molecule has 1 atom stereocenters. The highest BCUT2D eigenvalue weighted by Crippen LogP contribution is 2.41. The molecule has 1 unspecified atom stereocenters. The third-order valence-corrected chi connectivity index (χ3v) is 5.22. The van der Waals surface area contributed by atoms with Crippen LogP contribution >= 0.6 is 0 Å². The first-order valence-corrected chi connectivity index (χ1v) is 8.45. The number of aliphatic hydroxyl groups is 1. The fourth-order valence-corrected chi connectivity index (χ4v) is 3.74. The molecule has 0 spiro atoms. The number of nitrogens with zero attached hydrogens (tertiary/aromatic N) is 1. The van der Waals surface area contributed by atoms with Gasteiger partial charge in [0.25, 0.3) is 0 Å². The number of rotatable bonds is 5. The van der Waals surface area contributed by atoms with Gasteiger partial charge in [-0.15, -0.1) is 0 Å². The van der Waals surface area contributed by atoms with Gasteiger partial charge in [-0.25, -0.2) is 0 Å². The first-order chi connectivity index (χ1) is 10.7. The highest BCUT2D eigenvalue weighted by atomic mass is 16.3. The molecule has 4 nitrogen and oxygen atoms in total. The number of piperidine rings is 1. The normalized spacial score (nSPS) is 24.5. The molecule has 120 valence electrons. The van der Waals surface area contributed by atoms with Crippen molar-refractivity contribution in [3.8, 4) is 0 Å². The zero-order chi connectivity index (χ0) is 15.4. The maximum atomic E-state index is 12.5. The Hall–Kier alpha value is -1.39. The molecule has 4 heteroatoms. The van der Waals surface area contributed by atoms with Crippen LogP contribution in [0.2, 0.25) is 0 Å². The summed E-state index contributed by atoms with van der Waals surface area (Å²) in [7, 11) is 0. The second kappa shape index (κ2) is 6.80. The van der Waals surface area contributed by atoms with Crippen molar-refractivity contribution < 1.29 is 9.90 Å². The number of carbonyl (C=O) groups is 1. The molecule has 1 heterocycles. The zero-order valence-corrected chi connectivity index (χ0v) is 13.1. The van der Waals surface area contributed by atoms with Crippen LogP contribution in [0.4, 0.5) is 0 Å². The van der Waals surface area contributed by atoms with Crippen molar-refractivity contribution in [2.24, 2.45) is 0 Å². The van der Waals surface area contributed by atoms with Gasteiger partial charge in [-0.05, 0) is 44.2 Å². The molecule has 1 amide bonds. The molecule has 2 N–H and O–H groups in total. The lowest BCUT2D eigenvalue weighted by Gasteiger charge is -2.44. The number of carbonyl (C=O) groups excluding carboxylic acids is 1. The average molecular weight is 302 g/mol. The Bertz CT molecular complexity index is 499. The van der Waals surface area contributed by atoms with Crippen molar-refractivity contribution in [3.05, 3.63) is 35.9 Å². The molecule has 2 fully saturated rings. The van der Waals surface area contributed by atoms with Gasteiger partial charge in [-0.2, -0.15) is 0 Å². The van der Waals surface area contributed by atoms with E-state index < -0.39 is 0 Å². The number of likely N-dealkylation sites (tertiary alicyclic amines) is 1. The van der Waals surface area contributed by atoms with Crippen LogP contribution in [-0.2, 0) is 10.3 Å². The second-order valence-corrected chi connectivity index (χ2v) is 6.65. The van der Waals surface area contributed by atoms with E-state index in [2.05, 4.69) is 22.3 Å². The van der Waals surface area contributed by atoms with Gasteiger partial charge in [0.15, 0.2) is 0 Å². The summed E-state index contributed by atoms with van der Waals surface area (Å²) in [6, 6.07) is 10.4. The first-order valence-electron chi connectivity index (χ1n) is 8.45. The van der Waals surface area contributed by atoms with Crippen LogP contribution in [0.1, 0.15) is 44.1 Å². The average Bonchev–Trinajstić information content (AvgIpc) is 2.52.